The Morgan fingerprint density at radius 3 is 1.65 bits per heavy atom. The van der Waals surface area contributed by atoms with Gasteiger partial charge in [0.2, 0.25) is 11.5 Å². The first-order valence-corrected chi connectivity index (χ1v) is 7.00. The second kappa shape index (κ2) is 3.05. The van der Waals surface area contributed by atoms with Gasteiger partial charge in [0.25, 0.3) is 0 Å². The maximum Gasteiger partial charge on any atom is 0.572 e. The van der Waals surface area contributed by atoms with E-state index in [-0.39, 0.29) is 0 Å². The van der Waals surface area contributed by atoms with Gasteiger partial charge < -0.3 is 0 Å². The summed E-state index contributed by atoms with van der Waals surface area (Å²) in [4.78, 5) is 0. The second-order valence-corrected chi connectivity index (χ2v) is 5.87. The maximum atomic E-state index is 5.90. The number of nitrogens with one attached hydrogen (secondary N) is 2. The first-order valence-electron chi connectivity index (χ1n) is 5.38. The summed E-state index contributed by atoms with van der Waals surface area (Å²) in [7, 11) is -2.26. The molecule has 0 radical (unpaired) electrons. The average molecular weight is 245 g/mol. The Bertz CT molecular complexity index is 496. The number of hydrogen-bond acceptors (Lipinski definition) is 4. The van der Waals surface area contributed by atoms with E-state index in [4.69, 9.17) is 9.05 Å². The highest BCUT2D eigenvalue weighted by molar-refractivity contribution is 7.71. The molecule has 0 aliphatic carbocycles. The van der Waals surface area contributed by atoms with Crippen LogP contribution in [0.5, 0.6) is 11.5 Å². The molecule has 2 N–H and O–H groups in total. The minimum Gasteiger partial charge on any atom is -0.262 e. The summed E-state index contributed by atoms with van der Waals surface area (Å²) in [5, 5.41) is 6.62. The van der Waals surface area contributed by atoms with E-state index >= 15 is 0 Å². The Hall–Kier alpha value is -1.93. The molecule has 0 aromatic heterocycles. The predicted molar refractivity (Wildman–Crippen MR) is 68.3 cm³/mol. The normalized spacial score (nSPS) is 17.4. The molecule has 4 rings (SSSR count). The number of benzene rings is 2. The van der Waals surface area contributed by atoms with Crippen LogP contribution in [0.2, 0.25) is 0 Å². The van der Waals surface area contributed by atoms with Gasteiger partial charge in [0, 0.05) is 0 Å². The molecule has 17 heavy (non-hydrogen) atoms. The number of anilines is 2. The molecule has 2 aromatic carbocycles. The van der Waals surface area contributed by atoms with Gasteiger partial charge in [0.1, 0.15) is 11.4 Å². The summed E-state index contributed by atoms with van der Waals surface area (Å²) in [5.74, 6) is 1.67. The fourth-order valence-corrected chi connectivity index (χ4v) is 4.16. The van der Waals surface area contributed by atoms with Gasteiger partial charge >= 0.3 is 8.02 Å². The van der Waals surface area contributed by atoms with E-state index < -0.39 is 8.02 Å². The number of hydrogen-bond donors (Lipinski definition) is 2. The van der Waals surface area contributed by atoms with Crippen LogP contribution in [-0.2, 0) is 0 Å². The van der Waals surface area contributed by atoms with E-state index in [9.17, 15) is 0 Å². The number of fused-ring (bicyclic) bond motifs is 2. The quantitative estimate of drug-likeness (QED) is 0.695. The highest BCUT2D eigenvalue weighted by Crippen LogP contribution is 2.69. The molecule has 0 fully saturated rings. The van der Waals surface area contributed by atoms with E-state index in [0.29, 0.717) is 0 Å². The Balaban J connectivity index is 1.72. The molecule has 1 spiro atoms. The Morgan fingerprint density at radius 2 is 1.18 bits per heavy atom. The van der Waals surface area contributed by atoms with Gasteiger partial charge in [-0.25, -0.2) is 0 Å². The molecule has 5 heteroatoms. The minimum absolute atomic E-state index is 0.834. The Kier molecular flexibility index (Phi) is 1.64. The molecule has 2 aliphatic rings. The van der Waals surface area contributed by atoms with Crippen LogP contribution in [0.3, 0.4) is 0 Å². The first kappa shape index (κ1) is 9.14. The smallest absolute Gasteiger partial charge is 0.262 e. The average Bonchev–Trinajstić information content (AvgIpc) is 2.87. The van der Waals surface area contributed by atoms with Gasteiger partial charge in [0.05, 0.1) is 0 Å². The Morgan fingerprint density at radius 1 is 0.706 bits per heavy atom. The summed E-state index contributed by atoms with van der Waals surface area (Å²) >= 11 is 0. The SMILES string of the molecule is c1ccc2c(c1)N[P+]1(Nc3ccccc3O1)O2. The van der Waals surface area contributed by atoms with E-state index in [1.807, 2.05) is 48.5 Å². The van der Waals surface area contributed by atoms with Gasteiger partial charge in [-0.1, -0.05) is 24.3 Å². The summed E-state index contributed by atoms with van der Waals surface area (Å²) in [6.45, 7) is 0. The van der Waals surface area contributed by atoms with E-state index in [1.165, 1.54) is 0 Å². The molecule has 84 valence electrons. The standard InChI is InChI=1S/C12H10N2O2P/c1-3-7-11-9(5-1)13-17(15-11)14-10-6-2-4-8-12(10)16-17/h1-8,13-14H/q+1. The molecule has 2 aliphatic heterocycles. The van der Waals surface area contributed by atoms with Gasteiger partial charge in [-0.05, 0) is 24.3 Å². The van der Waals surface area contributed by atoms with Crippen LogP contribution >= 0.6 is 8.02 Å². The van der Waals surface area contributed by atoms with Crippen LogP contribution in [0.4, 0.5) is 11.4 Å². The zero-order valence-corrected chi connectivity index (χ0v) is 9.78. The van der Waals surface area contributed by atoms with Gasteiger partial charge in [-0.2, -0.15) is 10.2 Å². The number of rotatable bonds is 0. The maximum absolute atomic E-state index is 5.90. The van der Waals surface area contributed by atoms with Gasteiger partial charge in [-0.15, -0.1) is 0 Å². The van der Waals surface area contributed by atoms with Crippen LogP contribution in [-0.4, -0.2) is 0 Å². The summed E-state index contributed by atoms with van der Waals surface area (Å²) in [5.41, 5.74) is 1.95. The Labute approximate surface area is 99.2 Å². The second-order valence-electron chi connectivity index (χ2n) is 3.95. The lowest BCUT2D eigenvalue weighted by molar-refractivity contribution is 0.499. The fourth-order valence-electron chi connectivity index (χ4n) is 2.01. The lowest BCUT2D eigenvalue weighted by Crippen LogP contribution is -2.13. The zero-order chi connectivity index (χ0) is 11.3. The third kappa shape index (κ3) is 1.28. The van der Waals surface area contributed by atoms with Crippen molar-refractivity contribution in [3.8, 4) is 11.5 Å². The van der Waals surface area contributed by atoms with E-state index in [2.05, 4.69) is 10.2 Å². The van der Waals surface area contributed by atoms with Crippen molar-refractivity contribution in [3.05, 3.63) is 48.5 Å². The lowest BCUT2D eigenvalue weighted by Gasteiger charge is -2.09. The summed E-state index contributed by atoms with van der Waals surface area (Å²) in [6.07, 6.45) is 0. The fraction of sp³-hybridized carbons (Fsp3) is 0. The van der Waals surface area contributed by atoms with Crippen LogP contribution in [0.25, 0.3) is 0 Å². The first-order chi connectivity index (χ1) is 8.35. The summed E-state index contributed by atoms with van der Waals surface area (Å²) in [6, 6.07) is 15.7. The molecule has 2 aromatic rings. The highest BCUT2D eigenvalue weighted by atomic mass is 31.2. The molecular formula is C12H10N2O2P+. The molecule has 2 heterocycles. The largest absolute Gasteiger partial charge is 0.572 e. The van der Waals surface area contributed by atoms with Crippen molar-refractivity contribution in [1.82, 2.24) is 0 Å². The van der Waals surface area contributed by atoms with Crippen molar-refractivity contribution >= 4 is 19.4 Å². The molecule has 0 amide bonds. The third-order valence-electron chi connectivity index (χ3n) is 2.76. The third-order valence-corrected chi connectivity index (χ3v) is 4.74. The number of para-hydroxylation sites is 4. The van der Waals surface area contributed by atoms with Crippen molar-refractivity contribution in [3.63, 3.8) is 0 Å². The van der Waals surface area contributed by atoms with Crippen LogP contribution in [0.1, 0.15) is 0 Å². The zero-order valence-electron chi connectivity index (χ0n) is 8.88. The lowest BCUT2D eigenvalue weighted by atomic mass is 10.3. The molecule has 0 unspecified atom stereocenters. The molecule has 0 saturated carbocycles. The van der Waals surface area contributed by atoms with Crippen molar-refractivity contribution in [2.75, 3.05) is 10.2 Å². The van der Waals surface area contributed by atoms with Gasteiger partial charge in [0.15, 0.2) is 0 Å². The summed E-state index contributed by atoms with van der Waals surface area (Å²) < 4.78 is 11.8. The molecule has 4 nitrogen and oxygen atoms in total. The van der Waals surface area contributed by atoms with Crippen molar-refractivity contribution in [2.45, 2.75) is 0 Å². The molecule has 0 saturated heterocycles. The van der Waals surface area contributed by atoms with Crippen molar-refractivity contribution in [2.24, 2.45) is 0 Å². The van der Waals surface area contributed by atoms with Crippen molar-refractivity contribution < 1.29 is 9.05 Å². The minimum atomic E-state index is -2.26. The van der Waals surface area contributed by atoms with Crippen LogP contribution < -0.4 is 19.2 Å². The topological polar surface area (TPSA) is 42.5 Å². The van der Waals surface area contributed by atoms with Gasteiger partial charge in [-0.3, -0.25) is 9.05 Å². The van der Waals surface area contributed by atoms with Crippen LogP contribution in [0, 0.1) is 0 Å². The van der Waals surface area contributed by atoms with E-state index in [0.717, 1.165) is 22.9 Å². The molecular weight excluding hydrogens is 235 g/mol. The monoisotopic (exact) mass is 245 g/mol. The highest BCUT2D eigenvalue weighted by Gasteiger charge is 2.57. The molecule has 0 bridgehead atoms. The predicted octanol–water partition coefficient (Wildman–Crippen LogP) is 3.67. The van der Waals surface area contributed by atoms with E-state index in [1.54, 1.807) is 0 Å². The van der Waals surface area contributed by atoms with Crippen molar-refractivity contribution in [1.29, 1.82) is 0 Å². The molecule has 0 atom stereocenters. The van der Waals surface area contributed by atoms with Crippen LogP contribution in [0.15, 0.2) is 48.5 Å².